The first-order valence-electron chi connectivity index (χ1n) is 6.86. The Bertz CT molecular complexity index is 635. The summed E-state index contributed by atoms with van der Waals surface area (Å²) in [5, 5.41) is 2.87. The number of aryl methyl sites for hydroxylation is 1. The van der Waals surface area contributed by atoms with E-state index in [2.05, 4.69) is 15.7 Å². The number of nitrogens with one attached hydrogen (secondary N) is 2. The van der Waals surface area contributed by atoms with Gasteiger partial charge in [0.1, 0.15) is 5.82 Å². The topological polar surface area (TPSA) is 80.0 Å². The van der Waals surface area contributed by atoms with E-state index in [9.17, 15) is 4.79 Å². The van der Waals surface area contributed by atoms with Gasteiger partial charge >= 0.3 is 0 Å². The van der Waals surface area contributed by atoms with Gasteiger partial charge < -0.3 is 10.7 Å². The Balaban J connectivity index is 2.25. The van der Waals surface area contributed by atoms with Gasteiger partial charge in [-0.2, -0.15) is 0 Å². The van der Waals surface area contributed by atoms with Crippen LogP contribution in [-0.4, -0.2) is 10.9 Å². The predicted molar refractivity (Wildman–Crippen MR) is 85.3 cm³/mol. The maximum Gasteiger partial charge on any atom is 0.255 e. The number of nitrogens with two attached hydrogens (primary N) is 1. The Morgan fingerprint density at radius 3 is 2.43 bits per heavy atom. The van der Waals surface area contributed by atoms with Gasteiger partial charge in [-0.05, 0) is 37.1 Å². The summed E-state index contributed by atoms with van der Waals surface area (Å²) in [5.41, 5.74) is 5.75. The number of nitrogen functional groups attached to an aromatic ring is 1. The molecule has 1 amide bonds. The molecule has 2 rings (SSSR count). The van der Waals surface area contributed by atoms with Crippen molar-refractivity contribution >= 4 is 17.4 Å². The fraction of sp³-hybridized carbons (Fsp3) is 0.250. The van der Waals surface area contributed by atoms with Crippen LogP contribution in [0.1, 0.15) is 41.4 Å². The second kappa shape index (κ2) is 6.37. The summed E-state index contributed by atoms with van der Waals surface area (Å²) in [6.07, 6.45) is 0. The zero-order valence-corrected chi connectivity index (χ0v) is 12.5. The predicted octanol–water partition coefficient (Wildman–Crippen LogP) is 3.05. The number of carbonyl (C=O) groups is 1. The van der Waals surface area contributed by atoms with Crippen LogP contribution >= 0.6 is 0 Å². The number of hydrazine groups is 1. The monoisotopic (exact) mass is 284 g/mol. The number of carbonyl (C=O) groups excluding carboxylic acids is 1. The second-order valence-electron chi connectivity index (χ2n) is 5.29. The maximum absolute atomic E-state index is 12.3. The lowest BCUT2D eigenvalue weighted by Gasteiger charge is -2.11. The third kappa shape index (κ3) is 3.79. The van der Waals surface area contributed by atoms with Crippen molar-refractivity contribution in [2.45, 2.75) is 26.7 Å². The Labute approximate surface area is 124 Å². The fourth-order valence-electron chi connectivity index (χ4n) is 1.89. The Hall–Kier alpha value is -2.40. The van der Waals surface area contributed by atoms with Gasteiger partial charge in [-0.1, -0.05) is 31.5 Å². The average molecular weight is 284 g/mol. The average Bonchev–Trinajstić information content (AvgIpc) is 2.49. The van der Waals surface area contributed by atoms with Crippen molar-refractivity contribution in [2.75, 3.05) is 10.7 Å². The number of amides is 1. The highest BCUT2D eigenvalue weighted by molar-refractivity contribution is 6.04. The van der Waals surface area contributed by atoms with Crippen LogP contribution in [0.4, 0.5) is 11.5 Å². The Morgan fingerprint density at radius 1 is 1.19 bits per heavy atom. The van der Waals surface area contributed by atoms with Gasteiger partial charge in [0.15, 0.2) is 0 Å². The molecule has 0 unspecified atom stereocenters. The molecule has 1 aromatic carbocycles. The van der Waals surface area contributed by atoms with Gasteiger partial charge in [-0.15, -0.1) is 0 Å². The molecule has 0 bridgehead atoms. The molecule has 0 aliphatic heterocycles. The molecule has 0 saturated carbocycles. The lowest BCUT2D eigenvalue weighted by molar-refractivity contribution is 0.102. The molecule has 5 heteroatoms. The molecule has 0 aliphatic rings. The molecule has 0 saturated heterocycles. The number of benzene rings is 1. The number of rotatable bonds is 4. The quantitative estimate of drug-likeness (QED) is 0.595. The van der Waals surface area contributed by atoms with Crippen molar-refractivity contribution in [1.29, 1.82) is 0 Å². The van der Waals surface area contributed by atoms with Crippen LogP contribution in [0.15, 0.2) is 36.4 Å². The second-order valence-corrected chi connectivity index (χ2v) is 5.29. The van der Waals surface area contributed by atoms with Gasteiger partial charge in [0.05, 0.1) is 0 Å². The molecule has 0 fully saturated rings. The normalized spacial score (nSPS) is 10.5. The molecule has 1 heterocycles. The highest BCUT2D eigenvalue weighted by Crippen LogP contribution is 2.18. The lowest BCUT2D eigenvalue weighted by Crippen LogP contribution is -2.16. The zero-order chi connectivity index (χ0) is 15.4. The third-order valence-electron chi connectivity index (χ3n) is 3.16. The zero-order valence-electron chi connectivity index (χ0n) is 12.5. The van der Waals surface area contributed by atoms with Crippen molar-refractivity contribution in [3.05, 3.63) is 53.2 Å². The summed E-state index contributed by atoms with van der Waals surface area (Å²) in [5.74, 6) is 5.93. The van der Waals surface area contributed by atoms with Crippen LogP contribution in [0.3, 0.4) is 0 Å². The lowest BCUT2D eigenvalue weighted by atomic mass is 10.1. The van der Waals surface area contributed by atoms with E-state index in [0.29, 0.717) is 11.4 Å². The van der Waals surface area contributed by atoms with Gasteiger partial charge in [0.2, 0.25) is 0 Å². The minimum Gasteiger partial charge on any atom is -0.322 e. The third-order valence-corrected chi connectivity index (χ3v) is 3.16. The van der Waals surface area contributed by atoms with Crippen molar-refractivity contribution in [3.63, 3.8) is 0 Å². The first-order chi connectivity index (χ1) is 9.99. The number of nitrogens with zero attached hydrogens (tertiary/aromatic N) is 1. The molecule has 4 N–H and O–H groups in total. The molecule has 0 radical (unpaired) electrons. The number of pyridine rings is 1. The number of anilines is 2. The Morgan fingerprint density at radius 2 is 1.86 bits per heavy atom. The van der Waals surface area contributed by atoms with E-state index in [1.54, 1.807) is 12.1 Å². The smallest absolute Gasteiger partial charge is 0.255 e. The summed E-state index contributed by atoms with van der Waals surface area (Å²) in [6.45, 7) is 6.04. The van der Waals surface area contributed by atoms with E-state index in [1.165, 1.54) is 0 Å². The van der Waals surface area contributed by atoms with Gasteiger partial charge in [-0.25, -0.2) is 10.8 Å². The van der Waals surface area contributed by atoms with E-state index in [4.69, 9.17) is 5.84 Å². The van der Waals surface area contributed by atoms with Gasteiger partial charge in [0.25, 0.3) is 5.91 Å². The summed E-state index contributed by atoms with van der Waals surface area (Å²) >= 11 is 0. The summed E-state index contributed by atoms with van der Waals surface area (Å²) in [4.78, 5) is 16.7. The molecular formula is C16H20N4O. The van der Waals surface area contributed by atoms with Crippen LogP contribution in [0.25, 0.3) is 0 Å². The fourth-order valence-corrected chi connectivity index (χ4v) is 1.89. The highest BCUT2D eigenvalue weighted by Gasteiger charge is 2.12. The molecule has 0 spiro atoms. The molecule has 1 aromatic heterocycles. The number of hydrogen-bond donors (Lipinski definition) is 3. The van der Waals surface area contributed by atoms with E-state index in [1.807, 2.05) is 45.0 Å². The number of hydrogen-bond acceptors (Lipinski definition) is 4. The van der Waals surface area contributed by atoms with Crippen molar-refractivity contribution in [1.82, 2.24) is 4.98 Å². The van der Waals surface area contributed by atoms with Crippen LogP contribution in [-0.2, 0) is 0 Å². The molecule has 2 aromatic rings. The van der Waals surface area contributed by atoms with Gasteiger partial charge in [-0.3, -0.25) is 4.79 Å². The SMILES string of the molecule is Cc1ccc(NC(=O)c2cc(NN)nc(C(C)C)c2)cc1. The summed E-state index contributed by atoms with van der Waals surface area (Å²) < 4.78 is 0. The summed E-state index contributed by atoms with van der Waals surface area (Å²) in [6, 6.07) is 11.1. The van der Waals surface area contributed by atoms with E-state index < -0.39 is 0 Å². The molecule has 5 nitrogen and oxygen atoms in total. The van der Waals surface area contributed by atoms with Crippen molar-refractivity contribution < 1.29 is 4.79 Å². The first kappa shape index (κ1) is 15.0. The minimum atomic E-state index is -0.181. The van der Waals surface area contributed by atoms with E-state index in [-0.39, 0.29) is 11.8 Å². The molecular weight excluding hydrogens is 264 g/mol. The minimum absolute atomic E-state index is 0.181. The largest absolute Gasteiger partial charge is 0.322 e. The van der Waals surface area contributed by atoms with E-state index >= 15 is 0 Å². The van der Waals surface area contributed by atoms with Crippen molar-refractivity contribution in [2.24, 2.45) is 5.84 Å². The maximum atomic E-state index is 12.3. The molecule has 0 aliphatic carbocycles. The van der Waals surface area contributed by atoms with Crippen LogP contribution in [0.5, 0.6) is 0 Å². The molecule has 110 valence electrons. The Kier molecular flexibility index (Phi) is 4.55. The summed E-state index contributed by atoms with van der Waals surface area (Å²) in [7, 11) is 0. The van der Waals surface area contributed by atoms with E-state index in [0.717, 1.165) is 16.9 Å². The standard InChI is InChI=1S/C16H20N4O/c1-10(2)14-8-12(9-15(19-14)20-17)16(21)18-13-6-4-11(3)5-7-13/h4-10H,17H2,1-3H3,(H,18,21)(H,19,20). The van der Waals surface area contributed by atoms with Gasteiger partial charge in [0, 0.05) is 16.9 Å². The van der Waals surface area contributed by atoms with Crippen molar-refractivity contribution in [3.8, 4) is 0 Å². The van der Waals surface area contributed by atoms with Crippen LogP contribution in [0.2, 0.25) is 0 Å². The molecule has 21 heavy (non-hydrogen) atoms. The van der Waals surface area contributed by atoms with Crippen LogP contribution in [0, 0.1) is 6.92 Å². The highest BCUT2D eigenvalue weighted by atomic mass is 16.1. The number of aromatic nitrogens is 1. The molecule has 0 atom stereocenters. The first-order valence-corrected chi connectivity index (χ1v) is 6.86. The van der Waals surface area contributed by atoms with Crippen LogP contribution < -0.4 is 16.6 Å².